The van der Waals surface area contributed by atoms with Gasteiger partial charge in [-0.1, -0.05) is 15.9 Å². The number of nitrogens with one attached hydrogen (secondary N) is 1. The lowest BCUT2D eigenvalue weighted by Gasteiger charge is -2.15. The predicted octanol–water partition coefficient (Wildman–Crippen LogP) is 3.36. The fraction of sp³-hybridized carbons (Fsp3) is 0.368. The molecule has 27 heavy (non-hydrogen) atoms. The molecule has 0 bridgehead atoms. The summed E-state index contributed by atoms with van der Waals surface area (Å²) in [7, 11) is 0. The topological polar surface area (TPSA) is 81.8 Å². The van der Waals surface area contributed by atoms with Crippen molar-refractivity contribution in [1.82, 2.24) is 19.3 Å². The Morgan fingerprint density at radius 2 is 2.19 bits per heavy atom. The third-order valence-electron chi connectivity index (χ3n) is 4.99. The van der Waals surface area contributed by atoms with Crippen molar-refractivity contribution in [3.63, 3.8) is 0 Å². The molecule has 1 saturated carbocycles. The van der Waals surface area contributed by atoms with Crippen LogP contribution in [0.25, 0.3) is 10.9 Å². The first kappa shape index (κ1) is 17.9. The van der Waals surface area contributed by atoms with Crippen molar-refractivity contribution in [2.45, 2.75) is 38.8 Å². The number of hydrogen-bond donors (Lipinski definition) is 1. The lowest BCUT2D eigenvalue weighted by atomic mass is 10.2. The van der Waals surface area contributed by atoms with Crippen LogP contribution >= 0.6 is 15.9 Å². The van der Waals surface area contributed by atoms with Gasteiger partial charge in [0, 0.05) is 23.5 Å². The molecule has 1 aliphatic rings. The fourth-order valence-electron chi connectivity index (χ4n) is 3.23. The zero-order valence-corrected chi connectivity index (χ0v) is 16.5. The van der Waals surface area contributed by atoms with E-state index in [1.165, 1.54) is 23.7 Å². The van der Waals surface area contributed by atoms with E-state index >= 15 is 0 Å². The van der Waals surface area contributed by atoms with Crippen LogP contribution in [0.5, 0.6) is 0 Å². The molecule has 1 fully saturated rings. The van der Waals surface area contributed by atoms with Gasteiger partial charge in [-0.25, -0.2) is 9.67 Å². The third-order valence-corrected chi connectivity index (χ3v) is 5.49. The van der Waals surface area contributed by atoms with Crippen molar-refractivity contribution in [3.8, 4) is 0 Å². The van der Waals surface area contributed by atoms with E-state index in [0.717, 1.165) is 4.47 Å². The lowest BCUT2D eigenvalue weighted by molar-refractivity contribution is -0.116. The molecule has 2 heterocycles. The second-order valence-corrected chi connectivity index (χ2v) is 7.86. The van der Waals surface area contributed by atoms with Gasteiger partial charge in [-0.3, -0.25) is 14.2 Å². The lowest BCUT2D eigenvalue weighted by Crippen LogP contribution is -2.24. The number of fused-ring (bicyclic) bond motifs is 1. The summed E-state index contributed by atoms with van der Waals surface area (Å²) in [5, 5.41) is 7.78. The van der Waals surface area contributed by atoms with Crippen molar-refractivity contribution in [1.29, 1.82) is 0 Å². The number of carbonyl (C=O) groups excluding carboxylic acids is 1. The number of carbonyl (C=O) groups is 1. The maximum absolute atomic E-state index is 12.6. The van der Waals surface area contributed by atoms with Crippen LogP contribution in [0.15, 0.2) is 46.1 Å². The molecule has 1 N–H and O–H groups in total. The van der Waals surface area contributed by atoms with Crippen LogP contribution in [-0.4, -0.2) is 25.2 Å². The summed E-state index contributed by atoms with van der Waals surface area (Å²) in [4.78, 5) is 29.3. The Balaban J connectivity index is 1.44. The highest BCUT2D eigenvalue weighted by Crippen LogP contribution is 2.40. The monoisotopic (exact) mass is 429 g/mol. The summed E-state index contributed by atoms with van der Waals surface area (Å²) in [6.07, 6.45) is 5.80. The Labute approximate surface area is 164 Å². The quantitative estimate of drug-likeness (QED) is 0.651. The van der Waals surface area contributed by atoms with E-state index in [1.807, 2.05) is 10.7 Å². The molecule has 1 amide bonds. The van der Waals surface area contributed by atoms with Gasteiger partial charge in [0.1, 0.15) is 5.82 Å². The molecule has 0 saturated heterocycles. The molecule has 1 aromatic carbocycles. The van der Waals surface area contributed by atoms with E-state index in [4.69, 9.17) is 0 Å². The minimum atomic E-state index is -0.152. The molecule has 1 unspecified atom stereocenters. The molecular formula is C19H20BrN5O2. The standard InChI is InChI=1S/C19H20BrN5O2/c1-12(13-2-3-13)25-17(6-8-22-25)23-18(26)7-9-24-11-21-16-5-4-14(20)10-15(16)19(24)27/h4-6,8,10-13H,2-3,7,9H2,1H3,(H,23,26). The van der Waals surface area contributed by atoms with Crippen molar-refractivity contribution >= 4 is 38.6 Å². The number of benzene rings is 1. The molecule has 0 spiro atoms. The predicted molar refractivity (Wildman–Crippen MR) is 107 cm³/mol. The van der Waals surface area contributed by atoms with Gasteiger partial charge < -0.3 is 5.32 Å². The van der Waals surface area contributed by atoms with E-state index in [0.29, 0.717) is 22.6 Å². The molecule has 1 atom stereocenters. The normalized spacial score (nSPS) is 15.0. The smallest absolute Gasteiger partial charge is 0.261 e. The third kappa shape index (κ3) is 3.80. The summed E-state index contributed by atoms with van der Waals surface area (Å²) in [5.74, 6) is 1.19. The van der Waals surface area contributed by atoms with Crippen LogP contribution in [0.2, 0.25) is 0 Å². The second kappa shape index (κ2) is 7.26. The number of aromatic nitrogens is 4. The Bertz CT molecular complexity index is 1050. The van der Waals surface area contributed by atoms with Gasteiger partial charge in [-0.2, -0.15) is 5.10 Å². The van der Waals surface area contributed by atoms with Gasteiger partial charge in [-0.05, 0) is 43.9 Å². The van der Waals surface area contributed by atoms with Crippen LogP contribution in [0, 0.1) is 5.92 Å². The number of anilines is 1. The average molecular weight is 430 g/mol. The van der Waals surface area contributed by atoms with Crippen molar-refractivity contribution in [3.05, 3.63) is 51.6 Å². The Morgan fingerprint density at radius 3 is 2.96 bits per heavy atom. The summed E-state index contributed by atoms with van der Waals surface area (Å²) >= 11 is 3.37. The molecule has 7 nitrogen and oxygen atoms in total. The first-order chi connectivity index (χ1) is 13.0. The van der Waals surface area contributed by atoms with Crippen LogP contribution in [0.1, 0.15) is 32.2 Å². The molecule has 8 heteroatoms. The highest BCUT2D eigenvalue weighted by Gasteiger charge is 2.30. The first-order valence-corrected chi connectivity index (χ1v) is 9.80. The molecule has 3 aromatic rings. The summed E-state index contributed by atoms with van der Waals surface area (Å²) in [5.41, 5.74) is 0.489. The first-order valence-electron chi connectivity index (χ1n) is 9.01. The molecule has 2 aromatic heterocycles. The van der Waals surface area contributed by atoms with Crippen LogP contribution in [0.3, 0.4) is 0 Å². The van der Waals surface area contributed by atoms with E-state index in [-0.39, 0.29) is 30.5 Å². The number of aryl methyl sites for hydroxylation is 1. The maximum Gasteiger partial charge on any atom is 0.261 e. The highest BCUT2D eigenvalue weighted by molar-refractivity contribution is 9.10. The Morgan fingerprint density at radius 1 is 1.37 bits per heavy atom. The van der Waals surface area contributed by atoms with E-state index in [9.17, 15) is 9.59 Å². The van der Waals surface area contributed by atoms with Crippen LogP contribution in [-0.2, 0) is 11.3 Å². The van der Waals surface area contributed by atoms with Crippen molar-refractivity contribution in [2.75, 3.05) is 5.32 Å². The number of rotatable bonds is 6. The molecular weight excluding hydrogens is 410 g/mol. The Kier molecular flexibility index (Phi) is 4.82. The fourth-order valence-corrected chi connectivity index (χ4v) is 3.60. The largest absolute Gasteiger partial charge is 0.311 e. The molecule has 4 rings (SSSR count). The number of halogens is 1. The number of nitrogens with zero attached hydrogens (tertiary/aromatic N) is 4. The minimum Gasteiger partial charge on any atom is -0.311 e. The van der Waals surface area contributed by atoms with Gasteiger partial charge in [0.25, 0.3) is 5.56 Å². The summed E-state index contributed by atoms with van der Waals surface area (Å²) < 4.78 is 4.16. The van der Waals surface area contributed by atoms with Gasteiger partial charge in [0.2, 0.25) is 5.91 Å². The van der Waals surface area contributed by atoms with E-state index < -0.39 is 0 Å². The zero-order chi connectivity index (χ0) is 19.0. The van der Waals surface area contributed by atoms with E-state index in [1.54, 1.807) is 24.4 Å². The van der Waals surface area contributed by atoms with E-state index in [2.05, 4.69) is 38.3 Å². The summed E-state index contributed by atoms with van der Waals surface area (Å²) in [6, 6.07) is 7.47. The minimum absolute atomic E-state index is 0.151. The van der Waals surface area contributed by atoms with Gasteiger partial charge in [0.05, 0.1) is 29.5 Å². The van der Waals surface area contributed by atoms with Gasteiger partial charge >= 0.3 is 0 Å². The Hall–Kier alpha value is -2.48. The van der Waals surface area contributed by atoms with Crippen LogP contribution < -0.4 is 10.9 Å². The molecule has 1 aliphatic carbocycles. The molecule has 0 radical (unpaired) electrons. The highest BCUT2D eigenvalue weighted by atomic mass is 79.9. The van der Waals surface area contributed by atoms with Gasteiger partial charge in [0.15, 0.2) is 0 Å². The second-order valence-electron chi connectivity index (χ2n) is 6.94. The van der Waals surface area contributed by atoms with Crippen molar-refractivity contribution in [2.24, 2.45) is 5.92 Å². The zero-order valence-electron chi connectivity index (χ0n) is 14.9. The molecule has 140 valence electrons. The number of hydrogen-bond acceptors (Lipinski definition) is 4. The van der Waals surface area contributed by atoms with Crippen LogP contribution in [0.4, 0.5) is 5.82 Å². The average Bonchev–Trinajstić information content (AvgIpc) is 3.41. The maximum atomic E-state index is 12.6. The van der Waals surface area contributed by atoms with Crippen molar-refractivity contribution < 1.29 is 4.79 Å². The summed E-state index contributed by atoms with van der Waals surface area (Å²) in [6.45, 7) is 2.39. The van der Waals surface area contributed by atoms with Gasteiger partial charge in [-0.15, -0.1) is 0 Å². The SMILES string of the molecule is CC(C1CC1)n1nccc1NC(=O)CCn1cnc2ccc(Br)cc2c1=O. The molecule has 0 aliphatic heterocycles. The number of amides is 1.